The van der Waals surface area contributed by atoms with E-state index in [2.05, 4.69) is 0 Å². The van der Waals surface area contributed by atoms with Crippen LogP contribution in [0.25, 0.3) is 0 Å². The molecule has 96 valence electrons. The van der Waals surface area contributed by atoms with Crippen LogP contribution in [0.3, 0.4) is 0 Å². The molecule has 2 N–H and O–H groups in total. The number of benzene rings is 1. The van der Waals surface area contributed by atoms with E-state index in [4.69, 9.17) is 17.3 Å². The quantitative estimate of drug-likeness (QED) is 0.820. The minimum Gasteiger partial charge on any atom is -0.319 e. The molecule has 0 saturated carbocycles. The zero-order valence-corrected chi connectivity index (χ0v) is 8.79. The lowest BCUT2D eigenvalue weighted by atomic mass is 10.0. The van der Waals surface area contributed by atoms with E-state index >= 15 is 0 Å². The van der Waals surface area contributed by atoms with Gasteiger partial charge in [-0.2, -0.15) is 22.0 Å². The van der Waals surface area contributed by atoms with Gasteiger partial charge in [-0.1, -0.05) is 11.6 Å². The molecule has 0 saturated heterocycles. The first-order valence-electron chi connectivity index (χ1n) is 4.22. The highest BCUT2D eigenvalue weighted by Gasteiger charge is 2.61. The highest BCUT2D eigenvalue weighted by atomic mass is 35.5. The molecule has 1 nitrogen and oxygen atoms in total. The first kappa shape index (κ1) is 14.1. The topological polar surface area (TPSA) is 26.0 Å². The predicted molar refractivity (Wildman–Crippen MR) is 49.3 cm³/mol. The first-order valence-corrected chi connectivity index (χ1v) is 4.59. The largest absolute Gasteiger partial charge is 0.455 e. The molecule has 0 amide bonds. The molecule has 8 heteroatoms. The Hall–Kier alpha value is -0.950. The molecule has 0 spiro atoms. The molecule has 1 rings (SSSR count). The molecule has 1 atom stereocenters. The van der Waals surface area contributed by atoms with Gasteiger partial charge in [-0.25, -0.2) is 4.39 Å². The van der Waals surface area contributed by atoms with Crippen molar-refractivity contribution in [2.75, 3.05) is 0 Å². The molecule has 1 aromatic rings. The number of rotatable bonds is 2. The number of halogens is 7. The van der Waals surface area contributed by atoms with Crippen molar-refractivity contribution in [3.05, 3.63) is 34.6 Å². The van der Waals surface area contributed by atoms with Crippen LogP contribution in [0.2, 0.25) is 5.02 Å². The standard InChI is InChI=1S/C9H6ClF6N/c10-5-1-4(2-6(11)3-5)7(17)8(12,13)9(14,15)16/h1-3,7H,17H2/t7-/m0/s1. The maximum absolute atomic E-state index is 12.9. The lowest BCUT2D eigenvalue weighted by Gasteiger charge is -2.26. The number of alkyl halides is 5. The van der Waals surface area contributed by atoms with E-state index in [1.54, 1.807) is 0 Å². The van der Waals surface area contributed by atoms with Gasteiger partial charge in [-0.15, -0.1) is 0 Å². The van der Waals surface area contributed by atoms with E-state index in [0.29, 0.717) is 6.07 Å². The van der Waals surface area contributed by atoms with Crippen LogP contribution < -0.4 is 5.73 Å². The van der Waals surface area contributed by atoms with Gasteiger partial charge in [0.25, 0.3) is 0 Å². The molecule has 0 heterocycles. The Morgan fingerprint density at radius 1 is 1.06 bits per heavy atom. The van der Waals surface area contributed by atoms with Crippen LogP contribution in [-0.4, -0.2) is 12.1 Å². The summed E-state index contributed by atoms with van der Waals surface area (Å²) < 4.78 is 74.6. The van der Waals surface area contributed by atoms with Crippen molar-refractivity contribution in [1.82, 2.24) is 0 Å². The van der Waals surface area contributed by atoms with E-state index < -0.39 is 29.5 Å². The summed E-state index contributed by atoms with van der Waals surface area (Å²) in [5.41, 5.74) is 4.08. The van der Waals surface area contributed by atoms with Gasteiger partial charge in [0.1, 0.15) is 11.9 Å². The summed E-state index contributed by atoms with van der Waals surface area (Å²) in [5.74, 6) is -6.20. The second-order valence-electron chi connectivity index (χ2n) is 3.30. The van der Waals surface area contributed by atoms with Gasteiger partial charge in [0, 0.05) is 5.02 Å². The third kappa shape index (κ3) is 2.84. The summed E-state index contributed by atoms with van der Waals surface area (Å²) in [6.07, 6.45) is -5.81. The molecular formula is C9H6ClF6N. The average Bonchev–Trinajstić information content (AvgIpc) is 2.13. The van der Waals surface area contributed by atoms with Crippen molar-refractivity contribution < 1.29 is 26.3 Å². The lowest BCUT2D eigenvalue weighted by Crippen LogP contribution is -2.45. The molecule has 0 aromatic heterocycles. The van der Waals surface area contributed by atoms with Gasteiger partial charge >= 0.3 is 12.1 Å². The fraction of sp³-hybridized carbons (Fsp3) is 0.333. The summed E-state index contributed by atoms with van der Waals surface area (Å²) >= 11 is 5.34. The SMILES string of the molecule is N[C@@H](c1cc(F)cc(Cl)c1)C(F)(F)C(F)(F)F. The summed E-state index contributed by atoms with van der Waals surface area (Å²) in [5, 5.41) is -0.312. The Kier molecular flexibility index (Phi) is 3.63. The van der Waals surface area contributed by atoms with Crippen LogP contribution >= 0.6 is 11.6 Å². The van der Waals surface area contributed by atoms with Crippen molar-refractivity contribution >= 4 is 11.6 Å². The summed E-state index contributed by atoms with van der Waals surface area (Å²) in [6, 6.07) is -0.704. The molecule has 0 aliphatic rings. The van der Waals surface area contributed by atoms with Gasteiger partial charge in [0.2, 0.25) is 0 Å². The van der Waals surface area contributed by atoms with Crippen molar-refractivity contribution in [1.29, 1.82) is 0 Å². The van der Waals surface area contributed by atoms with E-state index in [-0.39, 0.29) is 5.02 Å². The van der Waals surface area contributed by atoms with Crippen LogP contribution in [0.5, 0.6) is 0 Å². The van der Waals surface area contributed by atoms with Gasteiger partial charge in [0.05, 0.1) is 0 Å². The molecule has 0 bridgehead atoms. The Labute approximate surface area is 97.2 Å². The lowest BCUT2D eigenvalue weighted by molar-refractivity contribution is -0.291. The van der Waals surface area contributed by atoms with Gasteiger partial charge in [-0.05, 0) is 23.8 Å². The van der Waals surface area contributed by atoms with Crippen molar-refractivity contribution in [3.8, 4) is 0 Å². The maximum atomic E-state index is 12.9. The van der Waals surface area contributed by atoms with E-state index in [9.17, 15) is 26.3 Å². The van der Waals surface area contributed by atoms with Crippen molar-refractivity contribution in [2.24, 2.45) is 5.73 Å². The van der Waals surface area contributed by atoms with E-state index in [1.807, 2.05) is 0 Å². The number of hydrogen-bond acceptors (Lipinski definition) is 1. The van der Waals surface area contributed by atoms with E-state index in [0.717, 1.165) is 12.1 Å². The number of hydrogen-bond donors (Lipinski definition) is 1. The highest BCUT2D eigenvalue weighted by Crippen LogP contribution is 2.43. The second kappa shape index (κ2) is 4.38. The molecule has 0 aliphatic heterocycles. The third-order valence-electron chi connectivity index (χ3n) is 2.01. The second-order valence-corrected chi connectivity index (χ2v) is 3.74. The zero-order chi connectivity index (χ0) is 13.4. The van der Waals surface area contributed by atoms with Crippen LogP contribution in [-0.2, 0) is 0 Å². The molecule has 1 aromatic carbocycles. The van der Waals surface area contributed by atoms with E-state index in [1.165, 1.54) is 0 Å². The summed E-state index contributed by atoms with van der Waals surface area (Å²) in [4.78, 5) is 0. The maximum Gasteiger partial charge on any atom is 0.455 e. The van der Waals surface area contributed by atoms with Gasteiger partial charge < -0.3 is 5.73 Å². The Morgan fingerprint density at radius 2 is 1.59 bits per heavy atom. The van der Waals surface area contributed by atoms with Crippen molar-refractivity contribution in [2.45, 2.75) is 18.1 Å². The van der Waals surface area contributed by atoms with Crippen LogP contribution in [0.15, 0.2) is 18.2 Å². The molecule has 0 unspecified atom stereocenters. The molecule has 0 fully saturated rings. The third-order valence-corrected chi connectivity index (χ3v) is 2.23. The predicted octanol–water partition coefficient (Wildman–Crippen LogP) is 3.68. The monoisotopic (exact) mass is 277 g/mol. The fourth-order valence-corrected chi connectivity index (χ4v) is 1.37. The average molecular weight is 278 g/mol. The Morgan fingerprint density at radius 3 is 2.00 bits per heavy atom. The minimum atomic E-state index is -5.81. The first-order chi connectivity index (χ1) is 7.55. The van der Waals surface area contributed by atoms with Crippen LogP contribution in [0.4, 0.5) is 26.3 Å². The normalized spacial score (nSPS) is 14.8. The minimum absolute atomic E-state index is 0.312. The smallest absolute Gasteiger partial charge is 0.319 e. The molecule has 17 heavy (non-hydrogen) atoms. The van der Waals surface area contributed by atoms with Crippen molar-refractivity contribution in [3.63, 3.8) is 0 Å². The fourth-order valence-electron chi connectivity index (χ4n) is 1.14. The van der Waals surface area contributed by atoms with Gasteiger partial charge in [0.15, 0.2) is 0 Å². The Balaban J connectivity index is 3.16. The zero-order valence-electron chi connectivity index (χ0n) is 8.03. The van der Waals surface area contributed by atoms with Gasteiger partial charge in [-0.3, -0.25) is 0 Å². The summed E-state index contributed by atoms with van der Waals surface area (Å²) in [7, 11) is 0. The van der Waals surface area contributed by atoms with Crippen LogP contribution in [0.1, 0.15) is 11.6 Å². The van der Waals surface area contributed by atoms with Crippen LogP contribution in [0, 0.1) is 5.82 Å². The summed E-state index contributed by atoms with van der Waals surface area (Å²) in [6.45, 7) is 0. The molecule has 0 radical (unpaired) electrons. The Bertz CT molecular complexity index is 396. The molecular weight excluding hydrogens is 272 g/mol. The molecule has 0 aliphatic carbocycles. The highest BCUT2D eigenvalue weighted by molar-refractivity contribution is 6.30. The number of nitrogens with two attached hydrogens (primary N) is 1.